The SMILES string of the molecule is c1ccc(-c2ccc(-c3c(-c4ccccc4)nnnc3-c3cccc4oc5ccccc5c34)c(-c3cccc4c3[nH]c3ccccc34)c2-c2ccccc2)cc1. The van der Waals surface area contributed by atoms with E-state index in [0.29, 0.717) is 0 Å². The van der Waals surface area contributed by atoms with E-state index in [4.69, 9.17) is 14.6 Å². The molecule has 0 aliphatic rings. The monoisotopic (exact) mass is 716 g/mol. The number of benzene rings is 8. The van der Waals surface area contributed by atoms with E-state index in [9.17, 15) is 0 Å². The predicted molar refractivity (Wildman–Crippen MR) is 229 cm³/mol. The Morgan fingerprint density at radius 1 is 0.357 bits per heavy atom. The van der Waals surface area contributed by atoms with Gasteiger partial charge in [-0.3, -0.25) is 0 Å². The molecule has 0 saturated heterocycles. The highest BCUT2D eigenvalue weighted by molar-refractivity contribution is 6.18. The van der Waals surface area contributed by atoms with Gasteiger partial charge in [0.05, 0.1) is 5.52 Å². The molecule has 0 unspecified atom stereocenters. The quantitative estimate of drug-likeness (QED) is 0.186. The van der Waals surface area contributed by atoms with Gasteiger partial charge in [-0.1, -0.05) is 170 Å². The lowest BCUT2D eigenvalue weighted by molar-refractivity contribution is 0.669. The van der Waals surface area contributed by atoms with E-state index in [1.54, 1.807) is 0 Å². The number of aromatic amines is 1. The zero-order valence-corrected chi connectivity index (χ0v) is 30.1. The van der Waals surface area contributed by atoms with Gasteiger partial charge >= 0.3 is 0 Å². The van der Waals surface area contributed by atoms with Gasteiger partial charge in [0.2, 0.25) is 0 Å². The van der Waals surface area contributed by atoms with Gasteiger partial charge in [0.1, 0.15) is 22.6 Å². The van der Waals surface area contributed by atoms with Crippen LogP contribution in [0.5, 0.6) is 0 Å². The highest BCUT2D eigenvalue weighted by Gasteiger charge is 2.28. The first-order chi connectivity index (χ1) is 27.8. The number of hydrogen-bond acceptors (Lipinski definition) is 4. The van der Waals surface area contributed by atoms with E-state index in [0.717, 1.165) is 105 Å². The molecule has 0 bridgehead atoms. The highest BCUT2D eigenvalue weighted by atomic mass is 16.3. The second-order valence-electron chi connectivity index (χ2n) is 14.0. The molecule has 5 heteroatoms. The van der Waals surface area contributed by atoms with Gasteiger partial charge in [0.25, 0.3) is 0 Å². The zero-order valence-electron chi connectivity index (χ0n) is 30.1. The number of rotatable bonds is 6. The van der Waals surface area contributed by atoms with E-state index >= 15 is 0 Å². The van der Waals surface area contributed by atoms with Crippen LogP contribution in [0, 0.1) is 0 Å². The zero-order chi connectivity index (χ0) is 37.0. The van der Waals surface area contributed by atoms with Crippen molar-refractivity contribution in [3.63, 3.8) is 0 Å². The summed E-state index contributed by atoms with van der Waals surface area (Å²) in [5, 5.41) is 18.7. The van der Waals surface area contributed by atoms with Crippen molar-refractivity contribution in [2.75, 3.05) is 0 Å². The minimum atomic E-state index is 0.729. The molecule has 5 nitrogen and oxygen atoms in total. The van der Waals surface area contributed by atoms with Gasteiger partial charge in [-0.05, 0) is 51.2 Å². The van der Waals surface area contributed by atoms with E-state index in [-0.39, 0.29) is 0 Å². The van der Waals surface area contributed by atoms with Crippen LogP contribution in [0.1, 0.15) is 0 Å². The number of H-pyrrole nitrogens is 1. The molecule has 1 N–H and O–H groups in total. The molecular weight excluding hydrogens is 685 g/mol. The van der Waals surface area contributed by atoms with Crippen LogP contribution in [-0.4, -0.2) is 20.4 Å². The molecule has 0 spiro atoms. The van der Waals surface area contributed by atoms with Crippen LogP contribution < -0.4 is 0 Å². The minimum Gasteiger partial charge on any atom is -0.456 e. The first kappa shape index (κ1) is 31.9. The normalized spacial score (nSPS) is 11.6. The fourth-order valence-electron chi connectivity index (χ4n) is 8.47. The van der Waals surface area contributed by atoms with Gasteiger partial charge in [0.15, 0.2) is 0 Å². The third-order valence-electron chi connectivity index (χ3n) is 10.9. The molecule has 0 aliphatic heterocycles. The molecule has 0 amide bonds. The number of hydrogen-bond donors (Lipinski definition) is 1. The summed E-state index contributed by atoms with van der Waals surface area (Å²) in [6.07, 6.45) is 0. The predicted octanol–water partition coefficient (Wildman–Crippen LogP) is 13.4. The molecular formula is C51H32N4O. The highest BCUT2D eigenvalue weighted by Crippen LogP contribution is 2.51. The summed E-state index contributed by atoms with van der Waals surface area (Å²) in [7, 11) is 0. The summed E-state index contributed by atoms with van der Waals surface area (Å²) in [5.74, 6) is 0. The Balaban J connectivity index is 1.34. The molecule has 0 fully saturated rings. The molecule has 0 aliphatic carbocycles. The molecule has 0 radical (unpaired) electrons. The third kappa shape index (κ3) is 5.06. The Hall–Kier alpha value is -7.63. The lowest BCUT2D eigenvalue weighted by atomic mass is 9.80. The van der Waals surface area contributed by atoms with Crippen LogP contribution in [0.15, 0.2) is 192 Å². The fourth-order valence-corrected chi connectivity index (χ4v) is 8.47. The molecule has 8 aromatic carbocycles. The number of nitrogens with zero attached hydrogens (tertiary/aromatic N) is 3. The maximum atomic E-state index is 6.42. The van der Waals surface area contributed by atoms with Crippen molar-refractivity contribution in [1.82, 2.24) is 20.4 Å². The number of furan rings is 1. The summed E-state index contributed by atoms with van der Waals surface area (Å²) in [6.45, 7) is 0. The Bertz CT molecular complexity index is 3240. The number of aromatic nitrogens is 4. The Morgan fingerprint density at radius 2 is 0.946 bits per heavy atom. The summed E-state index contributed by atoms with van der Waals surface area (Å²) < 4.78 is 6.42. The van der Waals surface area contributed by atoms with Crippen LogP contribution in [0.25, 0.3) is 111 Å². The first-order valence-electron chi connectivity index (χ1n) is 18.8. The van der Waals surface area contributed by atoms with E-state index in [2.05, 4.69) is 156 Å². The van der Waals surface area contributed by atoms with Crippen LogP contribution in [0.4, 0.5) is 0 Å². The van der Waals surface area contributed by atoms with Crippen molar-refractivity contribution in [3.8, 4) is 67.0 Å². The smallest absolute Gasteiger partial charge is 0.136 e. The molecule has 3 heterocycles. The summed E-state index contributed by atoms with van der Waals surface area (Å²) in [6, 6.07) is 65.7. The van der Waals surface area contributed by atoms with Crippen LogP contribution in [-0.2, 0) is 0 Å². The lowest BCUT2D eigenvalue weighted by Crippen LogP contribution is -2.03. The average Bonchev–Trinajstić information content (AvgIpc) is 3.85. The number of fused-ring (bicyclic) bond motifs is 6. The summed E-state index contributed by atoms with van der Waals surface area (Å²) in [4.78, 5) is 3.84. The molecule has 262 valence electrons. The van der Waals surface area contributed by atoms with Gasteiger partial charge in [-0.2, -0.15) is 0 Å². The fraction of sp³-hybridized carbons (Fsp3) is 0. The van der Waals surface area contributed by atoms with Crippen LogP contribution in [0.2, 0.25) is 0 Å². The van der Waals surface area contributed by atoms with Crippen molar-refractivity contribution in [2.45, 2.75) is 0 Å². The number of nitrogens with one attached hydrogen (secondary N) is 1. The lowest BCUT2D eigenvalue weighted by Gasteiger charge is -2.23. The average molecular weight is 717 g/mol. The second kappa shape index (κ2) is 13.0. The van der Waals surface area contributed by atoms with Crippen LogP contribution >= 0.6 is 0 Å². The maximum absolute atomic E-state index is 6.42. The van der Waals surface area contributed by atoms with Crippen molar-refractivity contribution in [1.29, 1.82) is 0 Å². The molecule has 56 heavy (non-hydrogen) atoms. The number of para-hydroxylation sites is 3. The van der Waals surface area contributed by atoms with Crippen molar-refractivity contribution < 1.29 is 4.42 Å². The largest absolute Gasteiger partial charge is 0.456 e. The van der Waals surface area contributed by atoms with Gasteiger partial charge < -0.3 is 9.40 Å². The summed E-state index contributed by atoms with van der Waals surface area (Å²) >= 11 is 0. The molecule has 3 aromatic heterocycles. The van der Waals surface area contributed by atoms with E-state index < -0.39 is 0 Å². The standard InChI is InChI=1S/C51H32N4O/c1-4-16-32(17-5-1)35-30-31-39(47(45(35)33-18-6-2-7-19-33)41-25-14-24-37-36-22-10-12-27-42(36)52-50(37)41)48-49(34-20-8-3-9-21-34)53-55-54-51(48)40-26-15-29-44-46(40)38-23-11-13-28-43(38)56-44/h1-31,52H. The Kier molecular flexibility index (Phi) is 7.42. The minimum absolute atomic E-state index is 0.729. The Labute approximate surface area is 322 Å². The molecule has 0 saturated carbocycles. The van der Waals surface area contributed by atoms with E-state index in [1.165, 1.54) is 5.39 Å². The van der Waals surface area contributed by atoms with Crippen LogP contribution in [0.3, 0.4) is 0 Å². The third-order valence-corrected chi connectivity index (χ3v) is 10.9. The Morgan fingerprint density at radius 3 is 1.75 bits per heavy atom. The van der Waals surface area contributed by atoms with Gasteiger partial charge in [-0.15, -0.1) is 10.2 Å². The maximum Gasteiger partial charge on any atom is 0.136 e. The molecule has 11 rings (SSSR count). The van der Waals surface area contributed by atoms with Gasteiger partial charge in [0, 0.05) is 54.9 Å². The van der Waals surface area contributed by atoms with Crippen molar-refractivity contribution in [3.05, 3.63) is 188 Å². The second-order valence-corrected chi connectivity index (χ2v) is 14.0. The van der Waals surface area contributed by atoms with Crippen molar-refractivity contribution in [2.24, 2.45) is 0 Å². The van der Waals surface area contributed by atoms with Crippen molar-refractivity contribution >= 4 is 43.7 Å². The molecule has 0 atom stereocenters. The topological polar surface area (TPSA) is 67.6 Å². The summed E-state index contributed by atoms with van der Waals surface area (Å²) in [5.41, 5.74) is 15.7. The molecule has 11 aromatic rings. The first-order valence-corrected chi connectivity index (χ1v) is 18.8. The van der Waals surface area contributed by atoms with Gasteiger partial charge in [-0.25, -0.2) is 0 Å². The van der Waals surface area contributed by atoms with E-state index in [1.807, 2.05) is 42.5 Å².